The molecule has 1 aromatic carbocycles. The van der Waals surface area contributed by atoms with Gasteiger partial charge < -0.3 is 23.5 Å². The number of rotatable bonds is 11. The molecule has 7 heteroatoms. The summed E-state index contributed by atoms with van der Waals surface area (Å²) in [6.45, 7) is 5.60. The van der Waals surface area contributed by atoms with E-state index in [0.717, 1.165) is 5.56 Å². The van der Waals surface area contributed by atoms with Gasteiger partial charge in [-0.25, -0.2) is 0 Å². The number of amides is 1. The summed E-state index contributed by atoms with van der Waals surface area (Å²) >= 11 is 0. The van der Waals surface area contributed by atoms with Crippen LogP contribution in [0.5, 0.6) is 11.5 Å². The third-order valence-electron chi connectivity index (χ3n) is 4.11. The largest absolute Gasteiger partial charge is 0.490 e. The molecule has 0 saturated heterocycles. The van der Waals surface area contributed by atoms with Gasteiger partial charge in [0.15, 0.2) is 17.3 Å². The van der Waals surface area contributed by atoms with Crippen LogP contribution in [0.25, 0.3) is 0 Å². The van der Waals surface area contributed by atoms with Gasteiger partial charge in [0.1, 0.15) is 0 Å². The van der Waals surface area contributed by atoms with E-state index in [9.17, 15) is 9.59 Å². The molecule has 1 heterocycles. The number of benzene rings is 1. The van der Waals surface area contributed by atoms with E-state index in [4.69, 9.17) is 13.9 Å². The number of nitrogens with zero attached hydrogens (tertiary/aromatic N) is 1. The van der Waals surface area contributed by atoms with E-state index in [1.54, 1.807) is 17.0 Å². The van der Waals surface area contributed by atoms with E-state index >= 15 is 0 Å². The fourth-order valence-electron chi connectivity index (χ4n) is 2.71. The van der Waals surface area contributed by atoms with Gasteiger partial charge >= 0.3 is 5.97 Å². The van der Waals surface area contributed by atoms with Gasteiger partial charge in [-0.05, 0) is 50.1 Å². The number of hydrogen-bond acceptors (Lipinski definition) is 6. The number of furan rings is 1. The zero-order valence-electron chi connectivity index (χ0n) is 16.6. The zero-order valence-corrected chi connectivity index (χ0v) is 16.6. The third kappa shape index (κ3) is 6.04. The Kier molecular flexibility index (Phi) is 8.39. The van der Waals surface area contributed by atoms with Crippen LogP contribution in [0.4, 0.5) is 0 Å². The molecule has 152 valence electrons. The third-order valence-corrected chi connectivity index (χ3v) is 4.11. The molecule has 7 nitrogen and oxygen atoms in total. The van der Waals surface area contributed by atoms with Crippen LogP contribution in [-0.4, -0.2) is 50.2 Å². The quantitative estimate of drug-likeness (QED) is 0.549. The highest BCUT2D eigenvalue weighted by atomic mass is 16.5. The molecular weight excluding hydrogens is 362 g/mol. The van der Waals surface area contributed by atoms with Crippen molar-refractivity contribution < 1.29 is 28.2 Å². The number of carbonyl (C=O) groups excluding carboxylic acids is 2. The summed E-state index contributed by atoms with van der Waals surface area (Å²) in [6, 6.07) is 9.01. The van der Waals surface area contributed by atoms with E-state index in [-0.39, 0.29) is 30.6 Å². The van der Waals surface area contributed by atoms with Crippen LogP contribution in [0.3, 0.4) is 0 Å². The lowest BCUT2D eigenvalue weighted by Crippen LogP contribution is -2.34. The van der Waals surface area contributed by atoms with Crippen LogP contribution in [0.1, 0.15) is 36.4 Å². The Bertz CT molecular complexity index is 756. The average Bonchev–Trinajstić information content (AvgIpc) is 3.24. The van der Waals surface area contributed by atoms with E-state index in [2.05, 4.69) is 4.74 Å². The molecule has 2 aromatic rings. The first-order valence-electron chi connectivity index (χ1n) is 9.37. The number of methoxy groups -OCH3 is 1. The average molecular weight is 389 g/mol. The van der Waals surface area contributed by atoms with Crippen LogP contribution < -0.4 is 9.47 Å². The fourth-order valence-corrected chi connectivity index (χ4v) is 2.71. The Morgan fingerprint density at radius 1 is 1.04 bits per heavy atom. The molecule has 0 aliphatic heterocycles. The van der Waals surface area contributed by atoms with Crippen LogP contribution in [-0.2, 0) is 16.0 Å². The van der Waals surface area contributed by atoms with Crippen LogP contribution in [0.15, 0.2) is 41.0 Å². The molecule has 0 atom stereocenters. The molecule has 0 N–H and O–H groups in total. The summed E-state index contributed by atoms with van der Waals surface area (Å²) in [4.78, 5) is 25.8. The highest BCUT2D eigenvalue weighted by molar-refractivity contribution is 5.91. The summed E-state index contributed by atoms with van der Waals surface area (Å²) in [7, 11) is 1.33. The van der Waals surface area contributed by atoms with Crippen LogP contribution in [0, 0.1) is 0 Å². The van der Waals surface area contributed by atoms with Crippen molar-refractivity contribution in [2.24, 2.45) is 0 Å². The van der Waals surface area contributed by atoms with Gasteiger partial charge in [0, 0.05) is 13.1 Å². The Morgan fingerprint density at radius 2 is 1.79 bits per heavy atom. The van der Waals surface area contributed by atoms with Gasteiger partial charge in [-0.3, -0.25) is 9.59 Å². The van der Waals surface area contributed by atoms with Gasteiger partial charge in [0.05, 0.1) is 33.0 Å². The topological polar surface area (TPSA) is 78.2 Å². The summed E-state index contributed by atoms with van der Waals surface area (Å²) in [5, 5.41) is 0. The highest BCUT2D eigenvalue weighted by Crippen LogP contribution is 2.28. The van der Waals surface area contributed by atoms with Crippen molar-refractivity contribution in [2.45, 2.75) is 26.7 Å². The number of esters is 1. The molecule has 2 rings (SSSR count). The lowest BCUT2D eigenvalue weighted by Gasteiger charge is -2.21. The molecule has 0 aliphatic rings. The summed E-state index contributed by atoms with van der Waals surface area (Å²) < 4.78 is 21.1. The first-order chi connectivity index (χ1) is 13.6. The molecule has 0 bridgehead atoms. The van der Waals surface area contributed by atoms with Crippen molar-refractivity contribution in [1.29, 1.82) is 0 Å². The first-order valence-corrected chi connectivity index (χ1v) is 9.37. The molecule has 0 saturated carbocycles. The van der Waals surface area contributed by atoms with Crippen molar-refractivity contribution in [3.63, 3.8) is 0 Å². The number of carbonyl (C=O) groups is 2. The summed E-state index contributed by atoms with van der Waals surface area (Å²) in [5.74, 6) is 0.996. The van der Waals surface area contributed by atoms with E-state index < -0.39 is 0 Å². The van der Waals surface area contributed by atoms with Crippen LogP contribution in [0.2, 0.25) is 0 Å². The van der Waals surface area contributed by atoms with E-state index in [1.807, 2.05) is 32.0 Å². The minimum atomic E-state index is -0.364. The van der Waals surface area contributed by atoms with Gasteiger partial charge in [0.25, 0.3) is 5.91 Å². The molecule has 0 spiro atoms. The van der Waals surface area contributed by atoms with Gasteiger partial charge in [-0.2, -0.15) is 0 Å². The predicted molar refractivity (Wildman–Crippen MR) is 104 cm³/mol. The standard InChI is InChI=1S/C21H27NO6/c1-4-26-17-9-8-16(15-19(17)27-5-2)10-12-22(13-11-20(23)25-3)21(24)18-7-6-14-28-18/h6-9,14-15H,4-5,10-13H2,1-3H3. The molecule has 0 fully saturated rings. The second-order valence-electron chi connectivity index (χ2n) is 5.99. The number of ether oxygens (including phenoxy) is 3. The Morgan fingerprint density at radius 3 is 2.43 bits per heavy atom. The molecule has 28 heavy (non-hydrogen) atoms. The molecule has 1 amide bonds. The van der Waals surface area contributed by atoms with E-state index in [1.165, 1.54) is 13.4 Å². The molecule has 0 aliphatic carbocycles. The van der Waals surface area contributed by atoms with E-state index in [0.29, 0.717) is 37.7 Å². The maximum Gasteiger partial charge on any atom is 0.307 e. The maximum absolute atomic E-state index is 12.7. The number of hydrogen-bond donors (Lipinski definition) is 0. The predicted octanol–water partition coefficient (Wildman–Crippen LogP) is 3.33. The summed E-state index contributed by atoms with van der Waals surface area (Å²) in [6.07, 6.45) is 2.17. The van der Waals surface area contributed by atoms with Gasteiger partial charge in [-0.1, -0.05) is 6.07 Å². The zero-order chi connectivity index (χ0) is 20.4. The first kappa shape index (κ1) is 21.3. The maximum atomic E-state index is 12.7. The van der Waals surface area contributed by atoms with Crippen molar-refractivity contribution >= 4 is 11.9 Å². The minimum absolute atomic E-state index is 0.121. The fraction of sp³-hybridized carbons (Fsp3) is 0.429. The van der Waals surface area contributed by atoms with Gasteiger partial charge in [-0.15, -0.1) is 0 Å². The Labute approximate surface area is 165 Å². The smallest absolute Gasteiger partial charge is 0.307 e. The Balaban J connectivity index is 2.09. The van der Waals surface area contributed by atoms with Crippen LogP contribution >= 0.6 is 0 Å². The summed E-state index contributed by atoms with van der Waals surface area (Å²) in [5.41, 5.74) is 1.00. The SMILES string of the molecule is CCOc1ccc(CCN(CCC(=O)OC)C(=O)c2ccco2)cc1OCC. The molecular formula is C21H27NO6. The normalized spacial score (nSPS) is 10.4. The molecule has 0 unspecified atom stereocenters. The monoisotopic (exact) mass is 389 g/mol. The molecule has 0 radical (unpaired) electrons. The van der Waals surface area contributed by atoms with Crippen molar-refractivity contribution in [3.8, 4) is 11.5 Å². The Hall–Kier alpha value is -2.96. The second kappa shape index (κ2) is 11.0. The minimum Gasteiger partial charge on any atom is -0.490 e. The second-order valence-corrected chi connectivity index (χ2v) is 5.99. The highest BCUT2D eigenvalue weighted by Gasteiger charge is 2.19. The molecule has 1 aromatic heterocycles. The van der Waals surface area contributed by atoms with Gasteiger partial charge in [0.2, 0.25) is 0 Å². The van der Waals surface area contributed by atoms with Crippen molar-refractivity contribution in [1.82, 2.24) is 4.90 Å². The lowest BCUT2D eigenvalue weighted by atomic mass is 10.1. The lowest BCUT2D eigenvalue weighted by molar-refractivity contribution is -0.140. The van der Waals surface area contributed by atoms with Crippen molar-refractivity contribution in [3.05, 3.63) is 47.9 Å². The van der Waals surface area contributed by atoms with Crippen molar-refractivity contribution in [2.75, 3.05) is 33.4 Å².